The number of carbonyl (C=O) groups excluding carboxylic acids is 4. The maximum atomic E-state index is 14.6. The van der Waals surface area contributed by atoms with Crippen LogP contribution < -0.4 is 35.7 Å². The zero-order valence-corrected chi connectivity index (χ0v) is 30.7. The fourth-order valence-electron chi connectivity index (χ4n) is 5.42. The predicted molar refractivity (Wildman–Crippen MR) is 201 cm³/mol. The maximum Gasteiger partial charge on any atom is 0.414 e. The molecule has 4 aliphatic heterocycles. The first-order valence-corrected chi connectivity index (χ1v) is 17.3. The Kier molecular flexibility index (Phi) is 15.2. The van der Waals surface area contributed by atoms with Gasteiger partial charge in [0.25, 0.3) is 6.00 Å². The number of halogens is 3. The number of anilines is 4. The number of carbonyl (C=O) groups is 4. The van der Waals surface area contributed by atoms with Crippen LogP contribution in [0.15, 0.2) is 46.6 Å². The van der Waals surface area contributed by atoms with Gasteiger partial charge in [-0.2, -0.15) is 10.2 Å². The van der Waals surface area contributed by atoms with Gasteiger partial charge in [-0.3, -0.25) is 29.1 Å². The quantitative estimate of drug-likeness (QED) is 0.195. The SMILES string of the molecule is CC(=O)NC[C@H]1CN(c2ccc(N3C=NNCC3)c(F)c2)C(=O)O1.[C-]#[N+]CCl.[C-]#[N+]CN1CCN(c2ccc(N3C[C@H](CNC(C)=O)OC3=O)cc2F)C=N1. The molecule has 2 saturated heterocycles. The van der Waals surface area contributed by atoms with Gasteiger partial charge in [0, 0.05) is 26.9 Å². The number of nitrogens with one attached hydrogen (secondary N) is 3. The molecule has 2 atom stereocenters. The van der Waals surface area contributed by atoms with Crippen LogP contribution in [-0.4, -0.2) is 119 Å². The number of alkyl halides is 1. The van der Waals surface area contributed by atoms with Crippen molar-refractivity contribution in [2.75, 3.05) is 84.6 Å². The molecule has 55 heavy (non-hydrogen) atoms. The van der Waals surface area contributed by atoms with E-state index in [1.807, 2.05) is 0 Å². The van der Waals surface area contributed by atoms with Crippen LogP contribution >= 0.6 is 11.6 Å². The summed E-state index contributed by atoms with van der Waals surface area (Å²) in [4.78, 5) is 57.9. The molecule has 0 aliphatic carbocycles. The van der Waals surface area contributed by atoms with E-state index in [9.17, 15) is 28.0 Å². The molecule has 4 amide bonds. The first-order valence-electron chi connectivity index (χ1n) is 16.8. The van der Waals surface area contributed by atoms with E-state index in [4.69, 9.17) is 34.2 Å². The van der Waals surface area contributed by atoms with Crippen molar-refractivity contribution in [2.24, 2.45) is 10.2 Å². The second kappa shape index (κ2) is 20.2. The van der Waals surface area contributed by atoms with Crippen LogP contribution in [0.4, 0.5) is 41.1 Å². The van der Waals surface area contributed by atoms with Crippen molar-refractivity contribution in [1.29, 1.82) is 0 Å². The minimum Gasteiger partial charge on any atom is -0.442 e. The number of amides is 4. The molecule has 2 aromatic rings. The van der Waals surface area contributed by atoms with Gasteiger partial charge in [-0.15, -0.1) is 0 Å². The van der Waals surface area contributed by atoms with E-state index in [-0.39, 0.29) is 50.7 Å². The highest BCUT2D eigenvalue weighted by Gasteiger charge is 2.34. The van der Waals surface area contributed by atoms with Gasteiger partial charge in [0.05, 0.1) is 62.0 Å². The maximum absolute atomic E-state index is 14.6. The Morgan fingerprint density at radius 3 is 1.75 bits per heavy atom. The normalized spacial score (nSPS) is 18.4. The van der Waals surface area contributed by atoms with Crippen molar-refractivity contribution in [3.05, 3.63) is 70.9 Å². The molecule has 292 valence electrons. The minimum absolute atomic E-state index is 0.0833. The number of ether oxygens (including phenoxy) is 2. The average molecular weight is 785 g/mol. The summed E-state index contributed by atoms with van der Waals surface area (Å²) in [7, 11) is 0. The number of cyclic esters (lactones) is 2. The minimum atomic E-state index is -0.577. The predicted octanol–water partition coefficient (Wildman–Crippen LogP) is 2.97. The molecule has 21 heteroatoms. The largest absolute Gasteiger partial charge is 0.442 e. The molecule has 6 rings (SSSR count). The first kappa shape index (κ1) is 41.3. The summed E-state index contributed by atoms with van der Waals surface area (Å²) in [5, 5.41) is 14.8. The monoisotopic (exact) mass is 784 g/mol. The van der Waals surface area contributed by atoms with Crippen molar-refractivity contribution in [3.63, 3.8) is 0 Å². The second-order valence-electron chi connectivity index (χ2n) is 12.0. The van der Waals surface area contributed by atoms with E-state index in [1.165, 1.54) is 48.5 Å². The van der Waals surface area contributed by atoms with Gasteiger partial charge < -0.3 is 35.3 Å². The number of hydrogen-bond acceptors (Lipinski definition) is 12. The summed E-state index contributed by atoms with van der Waals surface area (Å²) in [6.07, 6.45) is 0.944. The van der Waals surface area contributed by atoms with Crippen LogP contribution in [0, 0.1) is 24.8 Å². The van der Waals surface area contributed by atoms with Gasteiger partial charge in [-0.05, 0) is 48.0 Å². The third-order valence-corrected chi connectivity index (χ3v) is 8.13. The van der Waals surface area contributed by atoms with Crippen molar-refractivity contribution in [3.8, 4) is 0 Å². The molecule has 0 bridgehead atoms. The Balaban J connectivity index is 0.000000224. The van der Waals surface area contributed by atoms with Crippen LogP contribution in [0.2, 0.25) is 0 Å². The lowest BCUT2D eigenvalue weighted by Crippen LogP contribution is -2.38. The molecular weight excluding hydrogens is 746 g/mol. The molecule has 0 saturated carbocycles. The van der Waals surface area contributed by atoms with Gasteiger partial charge >= 0.3 is 18.9 Å². The summed E-state index contributed by atoms with van der Waals surface area (Å²) in [5.41, 5.74) is 4.33. The fraction of sp³-hybridized carbons (Fsp3) is 0.412. The molecule has 0 spiro atoms. The molecule has 0 aromatic heterocycles. The van der Waals surface area contributed by atoms with Gasteiger partial charge in [0.1, 0.15) is 36.5 Å². The van der Waals surface area contributed by atoms with E-state index >= 15 is 0 Å². The highest BCUT2D eigenvalue weighted by Crippen LogP contribution is 2.29. The summed E-state index contributed by atoms with van der Waals surface area (Å²) in [6.45, 7) is 18.9. The third kappa shape index (κ3) is 11.8. The number of rotatable bonds is 9. The Bertz CT molecular complexity index is 1860. The fourth-order valence-corrected chi connectivity index (χ4v) is 5.42. The van der Waals surface area contributed by atoms with E-state index in [1.54, 1.807) is 39.1 Å². The molecule has 2 aromatic carbocycles. The lowest BCUT2D eigenvalue weighted by atomic mass is 10.2. The smallest absolute Gasteiger partial charge is 0.414 e. The Hall–Kier alpha value is -6.41. The zero-order chi connectivity index (χ0) is 39.9. The topological polar surface area (TPSA) is 172 Å². The molecule has 4 aliphatic rings. The van der Waals surface area contributed by atoms with E-state index in [0.717, 1.165) is 0 Å². The lowest BCUT2D eigenvalue weighted by molar-refractivity contribution is -0.120. The average Bonchev–Trinajstić information content (AvgIpc) is 3.75. The van der Waals surface area contributed by atoms with Crippen LogP contribution in [0.3, 0.4) is 0 Å². The standard InChI is InChI=1S/C17H19FN6O3.C15H18FN5O3.C2H2ClN/c1-12(25)20-8-14-9-24(17(26)27-14)13-3-4-16(15(18)7-13)22-5-6-23(10-19-2)21-11-22;1-10(22)17-7-12-8-21(15(23)24-12)11-2-3-14(13(16)6-11)20-5-4-18-19-9-20;1-4-2-3/h3-4,7,11,14H,5-6,8-10H2,1H3,(H,20,25);2-3,6,9,12,18H,4-5,7-8H2,1H3,(H,17,22);2H2/t14-;12-;/m00./s1. The highest BCUT2D eigenvalue weighted by atomic mass is 35.5. The van der Waals surface area contributed by atoms with Crippen molar-refractivity contribution < 1.29 is 37.4 Å². The van der Waals surface area contributed by atoms with Gasteiger partial charge in [0.15, 0.2) is 0 Å². The molecule has 18 nitrogen and oxygen atoms in total. The van der Waals surface area contributed by atoms with Crippen LogP contribution in [-0.2, 0) is 19.1 Å². The van der Waals surface area contributed by atoms with E-state index < -0.39 is 36.0 Å². The molecule has 3 N–H and O–H groups in total. The van der Waals surface area contributed by atoms with Crippen molar-refractivity contribution in [2.45, 2.75) is 26.1 Å². The molecule has 4 heterocycles. The second-order valence-corrected chi connectivity index (χ2v) is 12.2. The van der Waals surface area contributed by atoms with Gasteiger partial charge in [0.2, 0.25) is 11.8 Å². The highest BCUT2D eigenvalue weighted by molar-refractivity contribution is 6.18. The Morgan fingerprint density at radius 2 is 1.36 bits per heavy atom. The molecular formula is C34H39ClF2N12O6. The van der Waals surface area contributed by atoms with Crippen LogP contribution in [0.1, 0.15) is 13.8 Å². The number of hydrazone groups is 2. The molecule has 2 fully saturated rings. The number of benzene rings is 2. The Labute approximate surface area is 320 Å². The van der Waals surface area contributed by atoms with Crippen LogP contribution in [0.5, 0.6) is 0 Å². The summed E-state index contributed by atoms with van der Waals surface area (Å²) in [5.74, 6) is -1.34. The van der Waals surface area contributed by atoms with Gasteiger partial charge in [-0.1, -0.05) is 0 Å². The van der Waals surface area contributed by atoms with Crippen LogP contribution in [0.25, 0.3) is 9.69 Å². The summed E-state index contributed by atoms with van der Waals surface area (Å²) >= 11 is 4.83. The summed E-state index contributed by atoms with van der Waals surface area (Å²) < 4.78 is 39.4. The number of hydrogen-bond donors (Lipinski definition) is 3. The Morgan fingerprint density at radius 1 is 0.855 bits per heavy atom. The van der Waals surface area contributed by atoms with Gasteiger partial charge in [-0.25, -0.2) is 36.5 Å². The number of nitrogens with zero attached hydrogens (tertiary/aromatic N) is 9. The van der Waals surface area contributed by atoms with E-state index in [2.05, 4.69) is 36.0 Å². The molecule has 0 radical (unpaired) electrons. The van der Waals surface area contributed by atoms with Crippen molar-refractivity contribution >= 4 is 71.0 Å². The third-order valence-electron chi connectivity index (χ3n) is 8.01. The molecule has 0 unspecified atom stereocenters. The zero-order valence-electron chi connectivity index (χ0n) is 30.0. The summed E-state index contributed by atoms with van der Waals surface area (Å²) in [6, 6.07) is 9.15. The van der Waals surface area contributed by atoms with E-state index in [0.29, 0.717) is 48.9 Å². The lowest BCUT2D eigenvalue weighted by Gasteiger charge is -2.27. The first-order chi connectivity index (χ1) is 26.4. The van der Waals surface area contributed by atoms with Crippen molar-refractivity contribution in [1.82, 2.24) is 21.1 Å².